The van der Waals surface area contributed by atoms with E-state index in [1.54, 1.807) is 30.5 Å². The van der Waals surface area contributed by atoms with Crippen LogP contribution >= 0.6 is 0 Å². The number of hydrogen-bond donors (Lipinski definition) is 2. The van der Waals surface area contributed by atoms with Gasteiger partial charge in [0.05, 0.1) is 6.21 Å². The standard InChI is InChI=1S/C17H16N2O2/c20-14-8-6-12(7-9-14)11-18-19-17(21)16-10-15(16)13-4-2-1-3-5-13/h1-9,11,15-16,20H,10H2,(H,19,21)/b18-11+. The molecule has 2 aromatic rings. The second-order valence-corrected chi connectivity index (χ2v) is 5.19. The molecule has 0 bridgehead atoms. The number of phenols is 1. The van der Waals surface area contributed by atoms with Crippen LogP contribution in [-0.2, 0) is 4.79 Å². The van der Waals surface area contributed by atoms with Gasteiger partial charge in [-0.05, 0) is 47.7 Å². The summed E-state index contributed by atoms with van der Waals surface area (Å²) in [5, 5.41) is 13.1. The zero-order valence-electron chi connectivity index (χ0n) is 11.4. The summed E-state index contributed by atoms with van der Waals surface area (Å²) < 4.78 is 0. The number of rotatable bonds is 4. The van der Waals surface area contributed by atoms with E-state index in [0.717, 1.165) is 12.0 Å². The SMILES string of the molecule is O=C(N/N=C/c1ccc(O)cc1)C1CC1c1ccccc1. The molecule has 0 radical (unpaired) electrons. The fourth-order valence-corrected chi connectivity index (χ4v) is 2.37. The zero-order chi connectivity index (χ0) is 14.7. The molecule has 3 rings (SSSR count). The van der Waals surface area contributed by atoms with Crippen LogP contribution in [0.15, 0.2) is 59.7 Å². The third kappa shape index (κ3) is 3.28. The third-order valence-corrected chi connectivity index (χ3v) is 3.64. The summed E-state index contributed by atoms with van der Waals surface area (Å²) in [5.74, 6) is 0.498. The summed E-state index contributed by atoms with van der Waals surface area (Å²) in [7, 11) is 0. The van der Waals surface area contributed by atoms with Crippen LogP contribution in [-0.4, -0.2) is 17.2 Å². The van der Waals surface area contributed by atoms with Crippen molar-refractivity contribution in [3.8, 4) is 5.75 Å². The summed E-state index contributed by atoms with van der Waals surface area (Å²) in [6.07, 6.45) is 2.45. The van der Waals surface area contributed by atoms with Crippen LogP contribution in [0.2, 0.25) is 0 Å². The Balaban J connectivity index is 1.53. The van der Waals surface area contributed by atoms with Gasteiger partial charge in [-0.15, -0.1) is 0 Å². The van der Waals surface area contributed by atoms with Crippen LogP contribution in [0.4, 0.5) is 0 Å². The topological polar surface area (TPSA) is 61.7 Å². The lowest BCUT2D eigenvalue weighted by molar-refractivity contribution is -0.122. The maximum atomic E-state index is 12.0. The van der Waals surface area contributed by atoms with Crippen LogP contribution in [0.25, 0.3) is 0 Å². The molecule has 106 valence electrons. The summed E-state index contributed by atoms with van der Waals surface area (Å²) in [4.78, 5) is 12.0. The molecule has 2 atom stereocenters. The molecule has 0 saturated heterocycles. The van der Waals surface area contributed by atoms with Crippen molar-refractivity contribution in [1.82, 2.24) is 5.43 Å². The molecule has 0 aliphatic heterocycles. The van der Waals surface area contributed by atoms with E-state index in [2.05, 4.69) is 22.7 Å². The Bertz CT molecular complexity index is 650. The normalized spacial score (nSPS) is 20.4. The third-order valence-electron chi connectivity index (χ3n) is 3.64. The molecule has 2 N–H and O–H groups in total. The molecule has 2 unspecified atom stereocenters. The minimum absolute atomic E-state index is 0.0179. The number of aromatic hydroxyl groups is 1. The predicted molar refractivity (Wildman–Crippen MR) is 81.1 cm³/mol. The van der Waals surface area contributed by atoms with Crippen molar-refractivity contribution in [3.05, 3.63) is 65.7 Å². The van der Waals surface area contributed by atoms with Gasteiger partial charge in [-0.2, -0.15) is 5.10 Å². The summed E-state index contributed by atoms with van der Waals surface area (Å²) >= 11 is 0. The summed E-state index contributed by atoms with van der Waals surface area (Å²) in [6.45, 7) is 0. The smallest absolute Gasteiger partial charge is 0.243 e. The Morgan fingerprint density at radius 2 is 1.86 bits per heavy atom. The highest BCUT2D eigenvalue weighted by molar-refractivity contribution is 5.85. The van der Waals surface area contributed by atoms with Crippen molar-refractivity contribution in [2.45, 2.75) is 12.3 Å². The lowest BCUT2D eigenvalue weighted by atomic mass is 10.1. The van der Waals surface area contributed by atoms with Gasteiger partial charge in [-0.1, -0.05) is 30.3 Å². The van der Waals surface area contributed by atoms with E-state index >= 15 is 0 Å². The first kappa shape index (κ1) is 13.4. The molecule has 1 amide bonds. The molecule has 0 aromatic heterocycles. The Morgan fingerprint density at radius 3 is 2.57 bits per heavy atom. The number of benzene rings is 2. The molecular formula is C17H16N2O2. The van der Waals surface area contributed by atoms with E-state index in [-0.39, 0.29) is 17.6 Å². The molecule has 4 nitrogen and oxygen atoms in total. The second-order valence-electron chi connectivity index (χ2n) is 5.19. The number of carbonyl (C=O) groups excluding carboxylic acids is 1. The van der Waals surface area contributed by atoms with Crippen LogP contribution < -0.4 is 5.43 Å². The molecule has 21 heavy (non-hydrogen) atoms. The van der Waals surface area contributed by atoms with E-state index < -0.39 is 0 Å². The van der Waals surface area contributed by atoms with Crippen molar-refractivity contribution < 1.29 is 9.90 Å². The maximum absolute atomic E-state index is 12.0. The van der Waals surface area contributed by atoms with Gasteiger partial charge in [0.15, 0.2) is 0 Å². The van der Waals surface area contributed by atoms with Gasteiger partial charge in [-0.25, -0.2) is 5.43 Å². The van der Waals surface area contributed by atoms with Crippen LogP contribution in [0.3, 0.4) is 0 Å². The quantitative estimate of drug-likeness (QED) is 0.668. The number of hydrazone groups is 1. The Kier molecular flexibility index (Phi) is 3.69. The average molecular weight is 280 g/mol. The van der Waals surface area contributed by atoms with Crippen LogP contribution in [0.5, 0.6) is 5.75 Å². The summed E-state index contributed by atoms with van der Waals surface area (Å²) in [5.41, 5.74) is 4.61. The maximum Gasteiger partial charge on any atom is 0.243 e. The number of amides is 1. The fraction of sp³-hybridized carbons (Fsp3) is 0.176. The van der Waals surface area contributed by atoms with E-state index in [0.29, 0.717) is 5.92 Å². The van der Waals surface area contributed by atoms with Gasteiger partial charge in [0.1, 0.15) is 5.75 Å². The molecule has 0 heterocycles. The minimum Gasteiger partial charge on any atom is -0.508 e. The van der Waals surface area contributed by atoms with Gasteiger partial charge in [0.25, 0.3) is 0 Å². The number of hydrogen-bond acceptors (Lipinski definition) is 3. The van der Waals surface area contributed by atoms with Crippen molar-refractivity contribution in [3.63, 3.8) is 0 Å². The zero-order valence-corrected chi connectivity index (χ0v) is 11.4. The van der Waals surface area contributed by atoms with E-state index in [4.69, 9.17) is 0 Å². The molecule has 2 aromatic carbocycles. The van der Waals surface area contributed by atoms with Crippen molar-refractivity contribution in [2.24, 2.45) is 11.0 Å². The minimum atomic E-state index is -0.0427. The lowest BCUT2D eigenvalue weighted by Crippen LogP contribution is -2.20. The first-order chi connectivity index (χ1) is 10.2. The van der Waals surface area contributed by atoms with Gasteiger partial charge in [-0.3, -0.25) is 4.79 Å². The van der Waals surface area contributed by atoms with Crippen LogP contribution in [0.1, 0.15) is 23.5 Å². The highest BCUT2D eigenvalue weighted by atomic mass is 16.3. The summed E-state index contributed by atoms with van der Waals surface area (Å²) in [6, 6.07) is 16.7. The molecule has 1 saturated carbocycles. The van der Waals surface area contributed by atoms with Gasteiger partial charge in [0.2, 0.25) is 5.91 Å². The predicted octanol–water partition coefficient (Wildman–Crippen LogP) is 2.65. The highest BCUT2D eigenvalue weighted by Gasteiger charge is 2.43. The number of nitrogens with zero attached hydrogens (tertiary/aromatic N) is 1. The molecule has 1 fully saturated rings. The molecular weight excluding hydrogens is 264 g/mol. The van der Waals surface area contributed by atoms with Crippen molar-refractivity contribution in [1.29, 1.82) is 0 Å². The van der Waals surface area contributed by atoms with Gasteiger partial charge in [0, 0.05) is 5.92 Å². The van der Waals surface area contributed by atoms with Crippen molar-refractivity contribution >= 4 is 12.1 Å². The Labute approximate surface area is 123 Å². The lowest BCUT2D eigenvalue weighted by Gasteiger charge is -2.00. The Morgan fingerprint density at radius 1 is 1.14 bits per heavy atom. The number of nitrogens with one attached hydrogen (secondary N) is 1. The van der Waals surface area contributed by atoms with Crippen LogP contribution in [0, 0.1) is 5.92 Å². The first-order valence-corrected chi connectivity index (χ1v) is 6.91. The average Bonchev–Trinajstić information content (AvgIpc) is 3.31. The first-order valence-electron chi connectivity index (χ1n) is 6.91. The number of carbonyl (C=O) groups is 1. The molecule has 4 heteroatoms. The molecule has 0 spiro atoms. The van der Waals surface area contributed by atoms with E-state index in [1.807, 2.05) is 18.2 Å². The van der Waals surface area contributed by atoms with E-state index in [1.165, 1.54) is 5.56 Å². The van der Waals surface area contributed by atoms with Gasteiger partial charge < -0.3 is 5.11 Å². The second kappa shape index (κ2) is 5.79. The van der Waals surface area contributed by atoms with Crippen molar-refractivity contribution in [2.75, 3.05) is 0 Å². The van der Waals surface area contributed by atoms with E-state index in [9.17, 15) is 9.90 Å². The largest absolute Gasteiger partial charge is 0.508 e. The fourth-order valence-electron chi connectivity index (χ4n) is 2.37. The number of phenolic OH excluding ortho intramolecular Hbond substituents is 1. The van der Waals surface area contributed by atoms with Gasteiger partial charge >= 0.3 is 0 Å². The Hall–Kier alpha value is -2.62. The molecule has 1 aliphatic carbocycles. The highest BCUT2D eigenvalue weighted by Crippen LogP contribution is 2.47. The molecule has 1 aliphatic rings. The monoisotopic (exact) mass is 280 g/mol.